The molecule has 3 rings (SSSR count). The molecule has 3 heterocycles. The number of hydrogen-bond donors (Lipinski definition) is 0. The second-order valence-electron chi connectivity index (χ2n) is 7.97. The van der Waals surface area contributed by atoms with E-state index in [2.05, 4.69) is 42.4 Å². The molecule has 2 atom stereocenters. The van der Waals surface area contributed by atoms with Crippen LogP contribution in [0.4, 0.5) is 0 Å². The highest BCUT2D eigenvalue weighted by atomic mass is 35.5. The van der Waals surface area contributed by atoms with Crippen LogP contribution in [0.3, 0.4) is 0 Å². The molecule has 1 aromatic heterocycles. The minimum absolute atomic E-state index is 0.417. The van der Waals surface area contributed by atoms with Crippen LogP contribution in [-0.2, 0) is 4.84 Å². The van der Waals surface area contributed by atoms with E-state index in [1.54, 1.807) is 6.20 Å². The lowest BCUT2D eigenvalue weighted by Gasteiger charge is -2.46. The summed E-state index contributed by atoms with van der Waals surface area (Å²) in [6.45, 7) is 13.0. The lowest BCUT2D eigenvalue weighted by Crippen LogP contribution is -2.54. The van der Waals surface area contributed by atoms with Crippen molar-refractivity contribution in [2.75, 3.05) is 13.1 Å². The molecule has 26 heavy (non-hydrogen) atoms. The zero-order chi connectivity index (χ0) is 18.7. The first-order chi connectivity index (χ1) is 12.5. The molecule has 2 fully saturated rings. The second-order valence-corrected chi connectivity index (χ2v) is 8.41. The third kappa shape index (κ3) is 4.62. The summed E-state index contributed by atoms with van der Waals surface area (Å²) in [6, 6.07) is 1.95. The van der Waals surface area contributed by atoms with Crippen LogP contribution < -0.4 is 0 Å². The molecule has 0 saturated carbocycles. The molecule has 0 aliphatic carbocycles. The Bertz CT molecular complexity index is 584. The molecule has 2 aliphatic heterocycles. The highest BCUT2D eigenvalue weighted by molar-refractivity contribution is 6.30. The van der Waals surface area contributed by atoms with Crippen molar-refractivity contribution in [3.63, 3.8) is 0 Å². The molecule has 0 spiro atoms. The van der Waals surface area contributed by atoms with Gasteiger partial charge in [0.2, 0.25) is 0 Å². The van der Waals surface area contributed by atoms with Gasteiger partial charge in [0.15, 0.2) is 0 Å². The Morgan fingerprint density at radius 2 is 1.88 bits per heavy atom. The van der Waals surface area contributed by atoms with Crippen molar-refractivity contribution < 1.29 is 4.84 Å². The molecular weight excluding hydrogens is 348 g/mol. The van der Waals surface area contributed by atoms with Gasteiger partial charge in [-0.2, -0.15) is 5.10 Å². The number of nitrogens with zero attached hydrogens (tertiary/aromatic N) is 4. The van der Waals surface area contributed by atoms with Crippen LogP contribution in [0.2, 0.25) is 5.02 Å². The summed E-state index contributed by atoms with van der Waals surface area (Å²) >= 11 is 6.02. The molecule has 146 valence electrons. The van der Waals surface area contributed by atoms with Gasteiger partial charge in [0.1, 0.15) is 5.76 Å². The summed E-state index contributed by atoms with van der Waals surface area (Å²) in [6.07, 6.45) is 10.3. The summed E-state index contributed by atoms with van der Waals surface area (Å²) in [7, 11) is 0. The van der Waals surface area contributed by atoms with Crippen LogP contribution >= 0.6 is 11.6 Å². The van der Waals surface area contributed by atoms with Gasteiger partial charge in [0.05, 0.1) is 17.3 Å². The fraction of sp³-hybridized carbons (Fsp3) is 0.750. The number of hydroxylamine groups is 2. The Balaban J connectivity index is 1.51. The quantitative estimate of drug-likeness (QED) is 0.672. The van der Waals surface area contributed by atoms with E-state index in [9.17, 15) is 0 Å². The van der Waals surface area contributed by atoms with Gasteiger partial charge in [0, 0.05) is 43.8 Å². The normalized spacial score (nSPS) is 29.0. The van der Waals surface area contributed by atoms with Gasteiger partial charge in [0.25, 0.3) is 0 Å². The van der Waals surface area contributed by atoms with Gasteiger partial charge < -0.3 is 9.74 Å². The van der Waals surface area contributed by atoms with Gasteiger partial charge in [-0.15, -0.1) is 5.06 Å². The maximum atomic E-state index is 6.07. The van der Waals surface area contributed by atoms with Crippen LogP contribution in [-0.4, -0.2) is 51.0 Å². The van der Waals surface area contributed by atoms with E-state index in [1.807, 2.05) is 10.9 Å². The summed E-state index contributed by atoms with van der Waals surface area (Å²) in [5, 5.41) is 7.29. The van der Waals surface area contributed by atoms with Gasteiger partial charge in [-0.25, -0.2) is 0 Å². The zero-order valence-corrected chi connectivity index (χ0v) is 17.2. The van der Waals surface area contributed by atoms with E-state index >= 15 is 0 Å². The molecule has 0 aromatic carbocycles. The number of allylic oxidation sites excluding steroid dienone is 1. The lowest BCUT2D eigenvalue weighted by molar-refractivity contribution is -0.199. The average molecular weight is 381 g/mol. The van der Waals surface area contributed by atoms with Crippen molar-refractivity contribution in [2.45, 2.75) is 83.5 Å². The first kappa shape index (κ1) is 19.7. The van der Waals surface area contributed by atoms with Crippen LogP contribution in [0.15, 0.2) is 24.7 Å². The predicted octanol–water partition coefficient (Wildman–Crippen LogP) is 4.66. The van der Waals surface area contributed by atoms with E-state index < -0.39 is 0 Å². The Morgan fingerprint density at radius 1 is 1.23 bits per heavy atom. The molecule has 2 saturated heterocycles. The molecule has 1 aromatic rings. The third-order valence-electron chi connectivity index (χ3n) is 5.82. The van der Waals surface area contributed by atoms with Gasteiger partial charge in [-0.3, -0.25) is 4.68 Å². The molecule has 2 unspecified atom stereocenters. The van der Waals surface area contributed by atoms with Crippen LogP contribution in [0, 0.1) is 0 Å². The van der Waals surface area contributed by atoms with E-state index in [0.717, 1.165) is 62.4 Å². The van der Waals surface area contributed by atoms with Crippen molar-refractivity contribution in [3.8, 4) is 0 Å². The van der Waals surface area contributed by atoms with Gasteiger partial charge >= 0.3 is 0 Å². The molecular formula is C20H33ClN4O. The summed E-state index contributed by atoms with van der Waals surface area (Å²) in [5.74, 6) is 0.892. The Hall–Kier alpha value is -1.04. The molecule has 5 nitrogen and oxygen atoms in total. The number of hydrogen-bond acceptors (Lipinski definition) is 4. The third-order valence-corrected chi connectivity index (χ3v) is 6.01. The smallest absolute Gasteiger partial charge is 0.117 e. The van der Waals surface area contributed by atoms with E-state index in [1.165, 1.54) is 0 Å². The summed E-state index contributed by atoms with van der Waals surface area (Å²) in [5.41, 5.74) is 0. The SMILES string of the molecule is C=C(CCC)ON1C(C)CC(N2CCC(n3cc(Cl)cn3)CC2)CC1C. The Labute approximate surface area is 162 Å². The highest BCUT2D eigenvalue weighted by Crippen LogP contribution is 2.32. The zero-order valence-electron chi connectivity index (χ0n) is 16.4. The van der Waals surface area contributed by atoms with E-state index in [-0.39, 0.29) is 0 Å². The van der Waals surface area contributed by atoms with Crippen LogP contribution in [0.25, 0.3) is 0 Å². The summed E-state index contributed by atoms with van der Waals surface area (Å²) in [4.78, 5) is 8.74. The van der Waals surface area contributed by atoms with Crippen molar-refractivity contribution in [1.82, 2.24) is 19.7 Å². The predicted molar refractivity (Wildman–Crippen MR) is 106 cm³/mol. The Kier molecular flexibility index (Phi) is 6.65. The standard InChI is InChI=1S/C20H33ClN4O/c1-5-6-17(4)26-25-15(2)11-20(12-16(25)3)23-9-7-19(8-10-23)24-14-18(21)13-22-24/h13-16,19-20H,4-12H2,1-3H3. The Morgan fingerprint density at radius 3 is 2.42 bits per heavy atom. The fourth-order valence-electron chi connectivity index (χ4n) is 4.51. The minimum atomic E-state index is 0.417. The molecule has 0 N–H and O–H groups in total. The van der Waals surface area contributed by atoms with Gasteiger partial charge in [-0.05, 0) is 46.0 Å². The maximum Gasteiger partial charge on any atom is 0.117 e. The van der Waals surface area contributed by atoms with Crippen molar-refractivity contribution >= 4 is 11.6 Å². The molecule has 0 amide bonds. The molecule has 2 aliphatic rings. The first-order valence-electron chi connectivity index (χ1n) is 10.1. The first-order valence-corrected chi connectivity index (χ1v) is 10.4. The molecule has 0 bridgehead atoms. The topological polar surface area (TPSA) is 33.5 Å². The molecule has 6 heteroatoms. The number of piperidine rings is 2. The van der Waals surface area contributed by atoms with Crippen LogP contribution in [0.1, 0.15) is 65.3 Å². The number of likely N-dealkylation sites (tertiary alicyclic amines) is 1. The lowest BCUT2D eigenvalue weighted by atomic mass is 9.91. The largest absolute Gasteiger partial charge is 0.411 e. The fourth-order valence-corrected chi connectivity index (χ4v) is 4.65. The number of rotatable bonds is 6. The highest BCUT2D eigenvalue weighted by Gasteiger charge is 2.36. The van der Waals surface area contributed by atoms with E-state index in [0.29, 0.717) is 24.2 Å². The number of halogens is 1. The summed E-state index contributed by atoms with van der Waals surface area (Å²) < 4.78 is 2.04. The van der Waals surface area contributed by atoms with E-state index in [4.69, 9.17) is 16.4 Å². The van der Waals surface area contributed by atoms with Gasteiger partial charge in [-0.1, -0.05) is 25.1 Å². The molecule has 0 radical (unpaired) electrons. The van der Waals surface area contributed by atoms with Crippen LogP contribution in [0.5, 0.6) is 0 Å². The monoisotopic (exact) mass is 380 g/mol. The average Bonchev–Trinajstić information content (AvgIpc) is 3.05. The minimum Gasteiger partial charge on any atom is -0.411 e. The van der Waals surface area contributed by atoms with Crippen molar-refractivity contribution in [3.05, 3.63) is 29.8 Å². The second kappa shape index (κ2) is 8.77. The van der Waals surface area contributed by atoms with Crippen molar-refractivity contribution in [2.24, 2.45) is 0 Å². The number of aromatic nitrogens is 2. The maximum absolute atomic E-state index is 6.07. The van der Waals surface area contributed by atoms with Crippen molar-refractivity contribution in [1.29, 1.82) is 0 Å².